The van der Waals surface area contributed by atoms with E-state index in [1.54, 1.807) is 7.11 Å². The molecule has 0 radical (unpaired) electrons. The molecule has 1 fully saturated rings. The van der Waals surface area contributed by atoms with Crippen LogP contribution in [0.1, 0.15) is 18.4 Å². The van der Waals surface area contributed by atoms with Gasteiger partial charge in [-0.3, -0.25) is 9.69 Å². The van der Waals surface area contributed by atoms with E-state index in [4.69, 9.17) is 4.74 Å². The zero-order valence-corrected chi connectivity index (χ0v) is 13.6. The van der Waals surface area contributed by atoms with Crippen LogP contribution in [0.25, 0.3) is 0 Å². The van der Waals surface area contributed by atoms with E-state index in [0.29, 0.717) is 19.7 Å². The third-order valence-corrected chi connectivity index (χ3v) is 4.19. The van der Waals surface area contributed by atoms with Gasteiger partial charge in [-0.2, -0.15) is 0 Å². The number of aryl methyl sites for hydroxylation is 1. The van der Waals surface area contributed by atoms with Gasteiger partial charge >= 0.3 is 0 Å². The second-order valence-electron chi connectivity index (χ2n) is 5.78. The van der Waals surface area contributed by atoms with Crippen molar-refractivity contribution in [3.8, 4) is 0 Å². The Kier molecular flexibility index (Phi) is 6.92. The number of amides is 1. The minimum absolute atomic E-state index is 0.00209. The molecule has 4 nitrogen and oxygen atoms in total. The highest BCUT2D eigenvalue weighted by Crippen LogP contribution is 2.14. The van der Waals surface area contributed by atoms with E-state index in [-0.39, 0.29) is 24.3 Å². The predicted molar refractivity (Wildman–Crippen MR) is 84.2 cm³/mol. The molecule has 2 rings (SSSR count). The smallest absolute Gasteiger partial charge is 0.222 e. The first kappa shape index (κ1) is 17.8. The summed E-state index contributed by atoms with van der Waals surface area (Å²) in [5, 5.41) is 0. The number of hydrogen-bond acceptors (Lipinski definition) is 3. The van der Waals surface area contributed by atoms with Crippen molar-refractivity contribution in [1.29, 1.82) is 0 Å². The van der Waals surface area contributed by atoms with Gasteiger partial charge in [0.15, 0.2) is 11.6 Å². The fourth-order valence-corrected chi connectivity index (χ4v) is 2.81. The minimum atomic E-state index is -0.862. The van der Waals surface area contributed by atoms with Crippen molar-refractivity contribution in [3.63, 3.8) is 0 Å². The van der Waals surface area contributed by atoms with Gasteiger partial charge in [0, 0.05) is 39.7 Å². The number of carbonyl (C=O) groups is 1. The van der Waals surface area contributed by atoms with E-state index in [1.165, 1.54) is 12.1 Å². The number of benzene rings is 1. The van der Waals surface area contributed by atoms with E-state index in [0.717, 1.165) is 32.1 Å². The maximum absolute atomic E-state index is 13.6. The van der Waals surface area contributed by atoms with E-state index in [9.17, 15) is 13.6 Å². The van der Waals surface area contributed by atoms with Crippen molar-refractivity contribution >= 4 is 5.91 Å². The molecule has 23 heavy (non-hydrogen) atoms. The van der Waals surface area contributed by atoms with Crippen LogP contribution in [0.15, 0.2) is 18.2 Å². The number of nitrogens with zero attached hydrogens (tertiary/aromatic N) is 2. The molecule has 1 aliphatic heterocycles. The molecule has 0 saturated carbocycles. The van der Waals surface area contributed by atoms with Crippen molar-refractivity contribution in [2.45, 2.75) is 19.3 Å². The second kappa shape index (κ2) is 8.93. The van der Waals surface area contributed by atoms with Crippen LogP contribution in [0.3, 0.4) is 0 Å². The Bertz CT molecular complexity index is 525. The Morgan fingerprint density at radius 1 is 1.22 bits per heavy atom. The lowest BCUT2D eigenvalue weighted by atomic mass is 10.1. The van der Waals surface area contributed by atoms with Gasteiger partial charge in [-0.25, -0.2) is 8.78 Å². The van der Waals surface area contributed by atoms with Crippen molar-refractivity contribution in [1.82, 2.24) is 9.80 Å². The molecule has 0 atom stereocenters. The molecule has 6 heteroatoms. The minimum Gasteiger partial charge on any atom is -0.383 e. The van der Waals surface area contributed by atoms with E-state index >= 15 is 0 Å². The number of halogens is 2. The summed E-state index contributed by atoms with van der Waals surface area (Å²) in [4.78, 5) is 16.4. The van der Waals surface area contributed by atoms with Crippen molar-refractivity contribution in [2.24, 2.45) is 0 Å². The zero-order chi connectivity index (χ0) is 16.7. The molecule has 1 aromatic carbocycles. The molecular weight excluding hydrogens is 302 g/mol. The van der Waals surface area contributed by atoms with E-state index in [2.05, 4.69) is 4.90 Å². The van der Waals surface area contributed by atoms with Gasteiger partial charge < -0.3 is 9.64 Å². The normalized spacial score (nSPS) is 16.4. The highest BCUT2D eigenvalue weighted by Gasteiger charge is 2.19. The highest BCUT2D eigenvalue weighted by molar-refractivity contribution is 5.76. The molecule has 1 heterocycles. The van der Waals surface area contributed by atoms with Crippen LogP contribution in [-0.2, 0) is 16.0 Å². The van der Waals surface area contributed by atoms with Crippen LogP contribution in [0.5, 0.6) is 0 Å². The fourth-order valence-electron chi connectivity index (χ4n) is 2.81. The summed E-state index contributed by atoms with van der Waals surface area (Å²) < 4.78 is 31.9. The van der Waals surface area contributed by atoms with Crippen LogP contribution in [0, 0.1) is 11.6 Å². The lowest BCUT2D eigenvalue weighted by Gasteiger charge is -2.22. The Morgan fingerprint density at radius 3 is 2.83 bits per heavy atom. The van der Waals surface area contributed by atoms with Crippen LogP contribution in [0.4, 0.5) is 8.78 Å². The first-order valence-corrected chi connectivity index (χ1v) is 8.03. The first-order chi connectivity index (χ1) is 11.1. The zero-order valence-electron chi connectivity index (χ0n) is 13.6. The van der Waals surface area contributed by atoms with Gasteiger partial charge in [0.2, 0.25) is 5.91 Å². The van der Waals surface area contributed by atoms with Crippen LogP contribution in [0.2, 0.25) is 0 Å². The summed E-state index contributed by atoms with van der Waals surface area (Å²) in [5.41, 5.74) is 0.259. The molecule has 1 saturated heterocycles. The average Bonchev–Trinajstić information content (AvgIpc) is 2.79. The highest BCUT2D eigenvalue weighted by atomic mass is 19.2. The Balaban J connectivity index is 1.82. The van der Waals surface area contributed by atoms with Gasteiger partial charge in [-0.15, -0.1) is 0 Å². The Morgan fingerprint density at radius 2 is 2.04 bits per heavy atom. The number of ether oxygens (including phenoxy) is 1. The SMILES string of the molecule is COCCN1CCCN(C(=O)CCc2cccc(F)c2F)CC1. The van der Waals surface area contributed by atoms with Gasteiger partial charge in [0.1, 0.15) is 0 Å². The summed E-state index contributed by atoms with van der Waals surface area (Å²) in [7, 11) is 1.68. The molecule has 1 amide bonds. The van der Waals surface area contributed by atoms with Crippen LogP contribution in [-0.4, -0.2) is 62.1 Å². The molecule has 128 valence electrons. The molecule has 0 aliphatic carbocycles. The standard InChI is InChI=1S/C17H24F2N2O2/c1-23-13-12-20-8-3-9-21(11-10-20)16(22)7-6-14-4-2-5-15(18)17(14)19/h2,4-5H,3,6-13H2,1H3. The predicted octanol–water partition coefficient (Wildman–Crippen LogP) is 2.08. The molecule has 0 spiro atoms. The lowest BCUT2D eigenvalue weighted by molar-refractivity contribution is -0.131. The quantitative estimate of drug-likeness (QED) is 0.802. The lowest BCUT2D eigenvalue weighted by Crippen LogP contribution is -2.36. The maximum atomic E-state index is 13.6. The monoisotopic (exact) mass is 326 g/mol. The van der Waals surface area contributed by atoms with Crippen molar-refractivity contribution in [2.75, 3.05) is 46.4 Å². The van der Waals surface area contributed by atoms with Crippen molar-refractivity contribution < 1.29 is 18.3 Å². The molecular formula is C17H24F2N2O2. The Hall–Kier alpha value is -1.53. The number of hydrogen-bond donors (Lipinski definition) is 0. The van der Waals surface area contributed by atoms with Gasteiger partial charge in [0.05, 0.1) is 6.61 Å². The summed E-state index contributed by atoms with van der Waals surface area (Å²) in [6, 6.07) is 4.09. The number of rotatable bonds is 6. The fraction of sp³-hybridized carbons (Fsp3) is 0.588. The van der Waals surface area contributed by atoms with Crippen LogP contribution < -0.4 is 0 Å². The number of methoxy groups -OCH3 is 1. The van der Waals surface area contributed by atoms with Gasteiger partial charge in [-0.1, -0.05) is 12.1 Å². The molecule has 0 aromatic heterocycles. The topological polar surface area (TPSA) is 32.8 Å². The molecule has 1 aliphatic rings. The second-order valence-corrected chi connectivity index (χ2v) is 5.78. The summed E-state index contributed by atoms with van der Waals surface area (Å²) in [6.45, 7) is 4.72. The summed E-state index contributed by atoms with van der Waals surface area (Å²) in [6.07, 6.45) is 1.36. The van der Waals surface area contributed by atoms with E-state index < -0.39 is 11.6 Å². The van der Waals surface area contributed by atoms with E-state index in [1.807, 2.05) is 4.90 Å². The average molecular weight is 326 g/mol. The molecule has 1 aromatic rings. The third kappa shape index (κ3) is 5.25. The third-order valence-electron chi connectivity index (χ3n) is 4.19. The summed E-state index contributed by atoms with van der Waals surface area (Å²) >= 11 is 0. The maximum Gasteiger partial charge on any atom is 0.222 e. The number of carbonyl (C=O) groups excluding carboxylic acids is 1. The largest absolute Gasteiger partial charge is 0.383 e. The molecule has 0 unspecified atom stereocenters. The van der Waals surface area contributed by atoms with Crippen LogP contribution >= 0.6 is 0 Å². The first-order valence-electron chi connectivity index (χ1n) is 8.03. The van der Waals surface area contributed by atoms with Gasteiger partial charge in [0.25, 0.3) is 0 Å². The van der Waals surface area contributed by atoms with Crippen molar-refractivity contribution in [3.05, 3.63) is 35.4 Å². The Labute approximate surface area is 136 Å². The molecule has 0 N–H and O–H groups in total. The molecule has 0 bridgehead atoms. The summed E-state index contributed by atoms with van der Waals surface area (Å²) in [5.74, 6) is -1.71. The van der Waals surface area contributed by atoms with Gasteiger partial charge in [-0.05, 0) is 31.0 Å².